The maximum absolute atomic E-state index is 5.77. The van der Waals surface area contributed by atoms with E-state index in [0.717, 1.165) is 36.8 Å². The van der Waals surface area contributed by atoms with Gasteiger partial charge in [0.2, 0.25) is 0 Å². The maximum Gasteiger partial charge on any atom is 0.166 e. The molecule has 3 rings (SSSR count). The molecular formula is C17H21N3O. The van der Waals surface area contributed by atoms with Crippen molar-refractivity contribution >= 4 is 0 Å². The number of aromatic nitrogens is 2. The van der Waals surface area contributed by atoms with Gasteiger partial charge in [-0.25, -0.2) is 9.97 Å². The third-order valence-electron chi connectivity index (χ3n) is 3.67. The van der Waals surface area contributed by atoms with Crippen LogP contribution in [0.15, 0.2) is 30.3 Å². The lowest BCUT2D eigenvalue weighted by Gasteiger charge is -2.21. The van der Waals surface area contributed by atoms with Crippen molar-refractivity contribution in [1.82, 2.24) is 15.3 Å². The molecule has 2 heterocycles. The fourth-order valence-corrected chi connectivity index (χ4v) is 2.65. The number of hydrogen-bond acceptors (Lipinski definition) is 4. The van der Waals surface area contributed by atoms with Crippen LogP contribution in [-0.4, -0.2) is 16.5 Å². The lowest BCUT2D eigenvalue weighted by atomic mass is 9.97. The zero-order valence-electron chi connectivity index (χ0n) is 12.6. The van der Waals surface area contributed by atoms with Crippen molar-refractivity contribution in [2.24, 2.45) is 0 Å². The Bertz CT molecular complexity index is 611. The molecule has 0 spiro atoms. The highest BCUT2D eigenvalue weighted by molar-refractivity contribution is 5.30. The number of nitrogens with zero attached hydrogens (tertiary/aromatic N) is 2. The van der Waals surface area contributed by atoms with Gasteiger partial charge in [0, 0.05) is 6.54 Å². The van der Waals surface area contributed by atoms with E-state index in [1.54, 1.807) is 0 Å². The minimum atomic E-state index is 0.412. The smallest absolute Gasteiger partial charge is 0.166 e. The molecule has 0 bridgehead atoms. The van der Waals surface area contributed by atoms with Gasteiger partial charge in [-0.05, 0) is 36.6 Å². The van der Waals surface area contributed by atoms with Gasteiger partial charge in [-0.2, -0.15) is 0 Å². The number of ether oxygens (including phenoxy) is 1. The summed E-state index contributed by atoms with van der Waals surface area (Å²) in [4.78, 5) is 9.41. The number of fused-ring (bicyclic) bond motifs is 1. The van der Waals surface area contributed by atoms with Crippen LogP contribution in [0.2, 0.25) is 0 Å². The quantitative estimate of drug-likeness (QED) is 0.937. The molecule has 0 amide bonds. The van der Waals surface area contributed by atoms with E-state index in [1.807, 2.05) is 30.3 Å². The van der Waals surface area contributed by atoms with Crippen LogP contribution in [0.3, 0.4) is 0 Å². The molecule has 1 aliphatic rings. The van der Waals surface area contributed by atoms with Crippen LogP contribution in [0.25, 0.3) is 0 Å². The zero-order valence-corrected chi connectivity index (χ0v) is 12.6. The van der Waals surface area contributed by atoms with Crippen molar-refractivity contribution in [2.75, 3.05) is 6.54 Å². The molecule has 0 saturated carbocycles. The van der Waals surface area contributed by atoms with E-state index in [0.29, 0.717) is 12.5 Å². The molecule has 4 nitrogen and oxygen atoms in total. The van der Waals surface area contributed by atoms with Gasteiger partial charge in [-0.15, -0.1) is 0 Å². The summed E-state index contributed by atoms with van der Waals surface area (Å²) in [5.41, 5.74) is 3.63. The summed E-state index contributed by atoms with van der Waals surface area (Å²) in [6.07, 6.45) is 1.02. The molecule has 4 heteroatoms. The molecule has 1 N–H and O–H groups in total. The molecule has 1 aromatic heterocycles. The lowest BCUT2D eigenvalue weighted by molar-refractivity contribution is 0.294. The molecule has 110 valence electrons. The van der Waals surface area contributed by atoms with E-state index < -0.39 is 0 Å². The Balaban J connectivity index is 1.84. The molecular weight excluding hydrogens is 262 g/mol. The first-order valence-corrected chi connectivity index (χ1v) is 7.51. The van der Waals surface area contributed by atoms with Crippen LogP contribution in [0.1, 0.15) is 42.5 Å². The predicted octanol–water partition coefficient (Wildman–Crippen LogP) is 2.82. The van der Waals surface area contributed by atoms with Gasteiger partial charge >= 0.3 is 0 Å². The van der Waals surface area contributed by atoms with Crippen molar-refractivity contribution < 1.29 is 4.74 Å². The number of para-hydroxylation sites is 1. The second-order valence-corrected chi connectivity index (χ2v) is 5.63. The number of rotatable bonds is 4. The van der Waals surface area contributed by atoms with Gasteiger partial charge < -0.3 is 10.1 Å². The molecule has 0 unspecified atom stereocenters. The summed E-state index contributed by atoms with van der Waals surface area (Å²) >= 11 is 0. The zero-order chi connectivity index (χ0) is 14.7. The van der Waals surface area contributed by atoms with Crippen LogP contribution < -0.4 is 10.1 Å². The van der Waals surface area contributed by atoms with Crippen LogP contribution >= 0.6 is 0 Å². The normalized spacial score (nSPS) is 14.0. The summed E-state index contributed by atoms with van der Waals surface area (Å²) in [6.45, 7) is 6.63. The molecule has 0 aliphatic carbocycles. The largest absolute Gasteiger partial charge is 0.486 e. The van der Waals surface area contributed by atoms with Crippen molar-refractivity contribution in [3.8, 4) is 5.75 Å². The highest BCUT2D eigenvalue weighted by atomic mass is 16.5. The van der Waals surface area contributed by atoms with E-state index in [2.05, 4.69) is 24.1 Å². The third-order valence-corrected chi connectivity index (χ3v) is 3.67. The molecule has 1 aliphatic heterocycles. The second-order valence-electron chi connectivity index (χ2n) is 5.63. The minimum Gasteiger partial charge on any atom is -0.486 e. The highest BCUT2D eigenvalue weighted by Gasteiger charge is 2.19. The SMILES string of the molecule is CC(C)c1nc(COc2ccccc2)nc2c1CCNC2. The molecule has 0 fully saturated rings. The van der Waals surface area contributed by atoms with Gasteiger partial charge in [-0.3, -0.25) is 0 Å². The predicted molar refractivity (Wildman–Crippen MR) is 82.3 cm³/mol. The topological polar surface area (TPSA) is 47.0 Å². The van der Waals surface area contributed by atoms with Gasteiger partial charge in [-0.1, -0.05) is 32.0 Å². The Kier molecular flexibility index (Phi) is 4.15. The molecule has 0 atom stereocenters. The monoisotopic (exact) mass is 283 g/mol. The Morgan fingerprint density at radius 2 is 2.00 bits per heavy atom. The average Bonchev–Trinajstić information content (AvgIpc) is 2.53. The number of hydrogen-bond donors (Lipinski definition) is 1. The molecule has 2 aromatic rings. The van der Waals surface area contributed by atoms with Crippen LogP contribution in [0, 0.1) is 0 Å². The minimum absolute atomic E-state index is 0.412. The standard InChI is InChI=1S/C17H21N3O/c1-12(2)17-14-8-9-18-10-15(14)19-16(20-17)11-21-13-6-4-3-5-7-13/h3-7,12,18H,8-11H2,1-2H3. The Labute approximate surface area is 125 Å². The summed E-state index contributed by atoms with van der Waals surface area (Å²) < 4.78 is 5.77. The summed E-state index contributed by atoms with van der Waals surface area (Å²) in [7, 11) is 0. The van der Waals surface area contributed by atoms with E-state index in [4.69, 9.17) is 9.72 Å². The third kappa shape index (κ3) is 3.22. The Morgan fingerprint density at radius 3 is 2.76 bits per heavy atom. The first kappa shape index (κ1) is 14.0. The molecule has 0 saturated heterocycles. The molecule has 21 heavy (non-hydrogen) atoms. The van der Waals surface area contributed by atoms with E-state index >= 15 is 0 Å². The van der Waals surface area contributed by atoms with E-state index in [9.17, 15) is 0 Å². The Morgan fingerprint density at radius 1 is 1.19 bits per heavy atom. The van der Waals surface area contributed by atoms with Gasteiger partial charge in [0.1, 0.15) is 12.4 Å². The lowest BCUT2D eigenvalue weighted by Crippen LogP contribution is -2.27. The highest BCUT2D eigenvalue weighted by Crippen LogP contribution is 2.23. The van der Waals surface area contributed by atoms with Gasteiger partial charge in [0.15, 0.2) is 5.82 Å². The van der Waals surface area contributed by atoms with E-state index in [-0.39, 0.29) is 0 Å². The Hall–Kier alpha value is -1.94. The fourth-order valence-electron chi connectivity index (χ4n) is 2.65. The number of nitrogens with one attached hydrogen (secondary N) is 1. The summed E-state index contributed by atoms with van der Waals surface area (Å²) in [6, 6.07) is 9.80. The second kappa shape index (κ2) is 6.22. The van der Waals surface area contributed by atoms with Crippen molar-refractivity contribution in [2.45, 2.75) is 39.3 Å². The summed E-state index contributed by atoms with van der Waals surface area (Å²) in [5.74, 6) is 2.03. The van der Waals surface area contributed by atoms with Crippen molar-refractivity contribution in [1.29, 1.82) is 0 Å². The van der Waals surface area contributed by atoms with Crippen LogP contribution in [-0.2, 0) is 19.6 Å². The van der Waals surface area contributed by atoms with Gasteiger partial charge in [0.05, 0.1) is 11.4 Å². The maximum atomic E-state index is 5.77. The first-order valence-electron chi connectivity index (χ1n) is 7.51. The average molecular weight is 283 g/mol. The van der Waals surface area contributed by atoms with Crippen molar-refractivity contribution in [3.05, 3.63) is 53.1 Å². The van der Waals surface area contributed by atoms with E-state index in [1.165, 1.54) is 11.3 Å². The molecule has 1 aromatic carbocycles. The van der Waals surface area contributed by atoms with Crippen LogP contribution in [0.4, 0.5) is 0 Å². The first-order chi connectivity index (χ1) is 10.2. The van der Waals surface area contributed by atoms with Crippen LogP contribution in [0.5, 0.6) is 5.75 Å². The van der Waals surface area contributed by atoms with Gasteiger partial charge in [0.25, 0.3) is 0 Å². The fraction of sp³-hybridized carbons (Fsp3) is 0.412. The number of benzene rings is 1. The summed E-state index contributed by atoms with van der Waals surface area (Å²) in [5, 5.41) is 3.38. The van der Waals surface area contributed by atoms with Crippen molar-refractivity contribution in [3.63, 3.8) is 0 Å². The molecule has 0 radical (unpaired) electrons.